The first-order valence-corrected chi connectivity index (χ1v) is 7.49. The van der Waals surface area contributed by atoms with E-state index >= 15 is 0 Å². The van der Waals surface area contributed by atoms with Gasteiger partial charge in [0.25, 0.3) is 0 Å². The Morgan fingerprint density at radius 2 is 1.95 bits per heavy atom. The van der Waals surface area contributed by atoms with Gasteiger partial charge in [0.05, 0.1) is 16.8 Å². The Bertz CT molecular complexity index is 573. The van der Waals surface area contributed by atoms with Crippen LogP contribution < -0.4 is 5.32 Å². The zero-order valence-electron chi connectivity index (χ0n) is 11.4. The molecule has 0 aliphatic carbocycles. The first kappa shape index (κ1) is 16.5. The first-order chi connectivity index (χ1) is 9.77. The molecule has 1 aliphatic rings. The van der Waals surface area contributed by atoms with Gasteiger partial charge in [-0.15, -0.1) is 12.4 Å². The fourth-order valence-electron chi connectivity index (χ4n) is 2.65. The number of furan rings is 1. The van der Waals surface area contributed by atoms with E-state index in [4.69, 9.17) is 4.42 Å². The Kier molecular flexibility index (Phi) is 5.81. The number of rotatable bonds is 3. The van der Waals surface area contributed by atoms with Crippen LogP contribution in [-0.4, -0.2) is 31.1 Å². The minimum Gasteiger partial charge on any atom is -0.467 e. The SMILES string of the molecule is Cl.Fc1c(Br)cccc1[C@@H](c1ccco1)N1CCNCC1. The van der Waals surface area contributed by atoms with E-state index in [1.807, 2.05) is 24.3 Å². The van der Waals surface area contributed by atoms with Crippen molar-refractivity contribution in [1.82, 2.24) is 10.2 Å². The van der Waals surface area contributed by atoms with Crippen molar-refractivity contribution >= 4 is 28.3 Å². The molecule has 1 aliphatic heterocycles. The average molecular weight is 376 g/mol. The predicted molar refractivity (Wildman–Crippen MR) is 86.3 cm³/mol. The van der Waals surface area contributed by atoms with Gasteiger partial charge in [0, 0.05) is 31.7 Å². The highest BCUT2D eigenvalue weighted by Crippen LogP contribution is 2.33. The molecule has 2 heterocycles. The summed E-state index contributed by atoms with van der Waals surface area (Å²) in [5.74, 6) is 0.566. The second-order valence-corrected chi connectivity index (χ2v) is 5.70. The van der Waals surface area contributed by atoms with Crippen molar-refractivity contribution in [2.45, 2.75) is 6.04 Å². The molecule has 1 atom stereocenters. The fourth-order valence-corrected chi connectivity index (χ4v) is 3.03. The highest BCUT2D eigenvalue weighted by atomic mass is 79.9. The molecule has 2 aromatic rings. The molecule has 1 N–H and O–H groups in total. The number of hydrogen-bond donors (Lipinski definition) is 1. The van der Waals surface area contributed by atoms with Gasteiger partial charge in [-0.3, -0.25) is 4.90 Å². The van der Waals surface area contributed by atoms with Crippen LogP contribution in [0.25, 0.3) is 0 Å². The summed E-state index contributed by atoms with van der Waals surface area (Å²) in [5, 5.41) is 3.32. The maximum Gasteiger partial charge on any atom is 0.142 e. The third-order valence-electron chi connectivity index (χ3n) is 3.61. The summed E-state index contributed by atoms with van der Waals surface area (Å²) >= 11 is 3.27. The van der Waals surface area contributed by atoms with Crippen molar-refractivity contribution in [3.8, 4) is 0 Å². The van der Waals surface area contributed by atoms with Crippen molar-refractivity contribution in [2.75, 3.05) is 26.2 Å². The Morgan fingerprint density at radius 1 is 1.19 bits per heavy atom. The minimum atomic E-state index is -0.215. The van der Waals surface area contributed by atoms with Gasteiger partial charge < -0.3 is 9.73 Å². The van der Waals surface area contributed by atoms with Crippen LogP contribution in [0.1, 0.15) is 17.4 Å². The summed E-state index contributed by atoms with van der Waals surface area (Å²) in [5.41, 5.74) is 0.649. The van der Waals surface area contributed by atoms with E-state index in [2.05, 4.69) is 26.1 Å². The van der Waals surface area contributed by atoms with E-state index in [0.29, 0.717) is 10.0 Å². The number of hydrogen-bond acceptors (Lipinski definition) is 3. The highest BCUT2D eigenvalue weighted by molar-refractivity contribution is 9.10. The molecule has 3 nitrogen and oxygen atoms in total. The molecule has 21 heavy (non-hydrogen) atoms. The van der Waals surface area contributed by atoms with Gasteiger partial charge in [-0.1, -0.05) is 12.1 Å². The molecule has 114 valence electrons. The molecule has 1 saturated heterocycles. The quantitative estimate of drug-likeness (QED) is 0.888. The van der Waals surface area contributed by atoms with E-state index < -0.39 is 0 Å². The van der Waals surface area contributed by atoms with Crippen molar-refractivity contribution in [1.29, 1.82) is 0 Å². The third-order valence-corrected chi connectivity index (χ3v) is 4.22. The molecule has 0 saturated carbocycles. The van der Waals surface area contributed by atoms with Gasteiger partial charge >= 0.3 is 0 Å². The van der Waals surface area contributed by atoms with E-state index in [1.54, 1.807) is 12.3 Å². The van der Waals surface area contributed by atoms with Crippen LogP contribution in [-0.2, 0) is 0 Å². The molecule has 3 rings (SSSR count). The lowest BCUT2D eigenvalue weighted by Crippen LogP contribution is -2.45. The van der Waals surface area contributed by atoms with E-state index in [0.717, 1.165) is 31.9 Å². The molecule has 1 aromatic heterocycles. The lowest BCUT2D eigenvalue weighted by Gasteiger charge is -2.34. The van der Waals surface area contributed by atoms with Crippen molar-refractivity contribution in [3.05, 3.63) is 58.2 Å². The topological polar surface area (TPSA) is 28.4 Å². The Labute approximate surface area is 138 Å². The summed E-state index contributed by atoms with van der Waals surface area (Å²) in [6.07, 6.45) is 1.64. The van der Waals surface area contributed by atoms with Gasteiger partial charge in [0.1, 0.15) is 11.6 Å². The van der Waals surface area contributed by atoms with Crippen LogP contribution in [0.3, 0.4) is 0 Å². The van der Waals surface area contributed by atoms with Crippen LogP contribution in [0.5, 0.6) is 0 Å². The Hall–Kier alpha value is -0.880. The molecule has 6 heteroatoms. The molecular formula is C15H17BrClFN2O. The zero-order chi connectivity index (χ0) is 13.9. The van der Waals surface area contributed by atoms with Crippen LogP contribution >= 0.6 is 28.3 Å². The summed E-state index contributed by atoms with van der Waals surface area (Å²) in [6, 6.07) is 8.99. The number of nitrogens with one attached hydrogen (secondary N) is 1. The number of nitrogens with zero attached hydrogens (tertiary/aromatic N) is 1. The maximum absolute atomic E-state index is 14.5. The second-order valence-electron chi connectivity index (χ2n) is 4.85. The van der Waals surface area contributed by atoms with Crippen LogP contribution in [0, 0.1) is 5.82 Å². The second kappa shape index (κ2) is 7.40. The van der Waals surface area contributed by atoms with E-state index in [9.17, 15) is 4.39 Å². The maximum atomic E-state index is 14.5. The van der Waals surface area contributed by atoms with Crippen LogP contribution in [0.2, 0.25) is 0 Å². The van der Waals surface area contributed by atoms with Crippen LogP contribution in [0.4, 0.5) is 4.39 Å². The normalized spacial score (nSPS) is 17.2. The minimum absolute atomic E-state index is 0. The summed E-state index contributed by atoms with van der Waals surface area (Å²) in [4.78, 5) is 2.25. The van der Waals surface area contributed by atoms with Gasteiger partial charge in [-0.25, -0.2) is 4.39 Å². The van der Waals surface area contributed by atoms with Crippen molar-refractivity contribution in [3.63, 3.8) is 0 Å². The number of benzene rings is 1. The molecule has 0 bridgehead atoms. The van der Waals surface area contributed by atoms with E-state index in [-0.39, 0.29) is 24.3 Å². The monoisotopic (exact) mass is 374 g/mol. The van der Waals surface area contributed by atoms with Crippen molar-refractivity contribution < 1.29 is 8.81 Å². The smallest absolute Gasteiger partial charge is 0.142 e. The molecule has 1 fully saturated rings. The molecule has 0 spiro atoms. The van der Waals surface area contributed by atoms with Gasteiger partial charge in [-0.05, 0) is 34.1 Å². The van der Waals surface area contributed by atoms with Gasteiger partial charge in [0.15, 0.2) is 0 Å². The number of piperazine rings is 1. The fraction of sp³-hybridized carbons (Fsp3) is 0.333. The average Bonchev–Trinajstić information content (AvgIpc) is 2.99. The predicted octanol–water partition coefficient (Wildman–Crippen LogP) is 3.60. The summed E-state index contributed by atoms with van der Waals surface area (Å²) in [7, 11) is 0. The Balaban J connectivity index is 0.00000161. The molecule has 0 amide bonds. The first-order valence-electron chi connectivity index (χ1n) is 6.69. The highest BCUT2D eigenvalue weighted by Gasteiger charge is 2.28. The lowest BCUT2D eigenvalue weighted by atomic mass is 10.0. The van der Waals surface area contributed by atoms with Gasteiger partial charge in [0.2, 0.25) is 0 Å². The largest absolute Gasteiger partial charge is 0.467 e. The van der Waals surface area contributed by atoms with Crippen molar-refractivity contribution in [2.24, 2.45) is 0 Å². The number of halogens is 3. The molecular weight excluding hydrogens is 359 g/mol. The third kappa shape index (κ3) is 3.48. The molecule has 1 aromatic carbocycles. The lowest BCUT2D eigenvalue weighted by molar-refractivity contribution is 0.177. The van der Waals surface area contributed by atoms with Crippen LogP contribution in [0.15, 0.2) is 45.5 Å². The standard InChI is InChI=1S/C15H16BrFN2O.ClH/c16-12-4-1-3-11(14(12)17)15(13-5-2-10-20-13)19-8-6-18-7-9-19;/h1-5,10,15,18H,6-9H2;1H/t15-;/m0./s1. The molecule has 0 radical (unpaired) electrons. The summed E-state index contributed by atoms with van der Waals surface area (Å²) < 4.78 is 20.5. The van der Waals surface area contributed by atoms with Gasteiger partial charge in [-0.2, -0.15) is 0 Å². The zero-order valence-corrected chi connectivity index (χ0v) is 13.8. The Morgan fingerprint density at radius 3 is 2.62 bits per heavy atom. The molecule has 0 unspecified atom stereocenters. The van der Waals surface area contributed by atoms with E-state index in [1.165, 1.54) is 0 Å². The summed E-state index contributed by atoms with van der Waals surface area (Å²) in [6.45, 7) is 3.56.